The van der Waals surface area contributed by atoms with E-state index in [9.17, 15) is 8.42 Å². The molecule has 5 nitrogen and oxygen atoms in total. The molecule has 0 radical (unpaired) electrons. The molecule has 0 aliphatic carbocycles. The number of hydrogen-bond acceptors (Lipinski definition) is 5. The van der Waals surface area contributed by atoms with Gasteiger partial charge in [-0.15, -0.1) is 0 Å². The minimum Gasteiger partial charge on any atom is -0.388 e. The maximum atomic E-state index is 11.4. The van der Waals surface area contributed by atoms with Gasteiger partial charge in [-0.1, -0.05) is 18.3 Å². The van der Waals surface area contributed by atoms with Crippen molar-refractivity contribution in [2.24, 2.45) is 5.73 Å². The summed E-state index contributed by atoms with van der Waals surface area (Å²) in [4.78, 5) is 4.74. The zero-order valence-corrected chi connectivity index (χ0v) is 12.3. The van der Waals surface area contributed by atoms with Crippen LogP contribution in [0.5, 0.6) is 0 Å². The second-order valence-corrected chi connectivity index (χ2v) is 6.65. The van der Waals surface area contributed by atoms with E-state index in [0.29, 0.717) is 11.5 Å². The number of rotatable bonds is 4. The average molecular weight is 307 g/mol. The number of anilines is 2. The quantitative estimate of drug-likeness (QED) is 0.839. The van der Waals surface area contributed by atoms with Crippen LogP contribution in [0.2, 0.25) is 0 Å². The van der Waals surface area contributed by atoms with Gasteiger partial charge in [-0.25, -0.2) is 13.4 Å². The van der Waals surface area contributed by atoms with E-state index in [4.69, 9.17) is 18.0 Å². The van der Waals surface area contributed by atoms with Crippen LogP contribution in [0, 0.1) is 0 Å². The van der Waals surface area contributed by atoms with E-state index >= 15 is 0 Å². The standard InChI is InChI=1S/C13H13N3O2S2/c1-20(17,18)10-7-5-9(6-8-10)15-12-4-2-3-11(16-12)13(14)19/h2-8H,1H3,(H2,14,19)(H,15,16). The van der Waals surface area contributed by atoms with Crippen molar-refractivity contribution >= 4 is 38.5 Å². The van der Waals surface area contributed by atoms with Gasteiger partial charge in [0, 0.05) is 11.9 Å². The van der Waals surface area contributed by atoms with Gasteiger partial charge in [0.25, 0.3) is 0 Å². The van der Waals surface area contributed by atoms with E-state index in [1.54, 1.807) is 30.3 Å². The topological polar surface area (TPSA) is 85.1 Å². The Morgan fingerprint density at radius 2 is 1.85 bits per heavy atom. The third-order valence-electron chi connectivity index (χ3n) is 2.56. The highest BCUT2D eigenvalue weighted by molar-refractivity contribution is 7.90. The summed E-state index contributed by atoms with van der Waals surface area (Å²) in [5.41, 5.74) is 6.77. The molecule has 0 aliphatic rings. The molecule has 1 heterocycles. The lowest BCUT2D eigenvalue weighted by Crippen LogP contribution is -2.12. The minimum atomic E-state index is -3.19. The van der Waals surface area contributed by atoms with Crippen LogP contribution in [0.15, 0.2) is 47.4 Å². The second-order valence-electron chi connectivity index (χ2n) is 4.19. The van der Waals surface area contributed by atoms with E-state index in [2.05, 4.69) is 10.3 Å². The number of thiocarbonyl (C=S) groups is 1. The van der Waals surface area contributed by atoms with Gasteiger partial charge in [-0.05, 0) is 36.4 Å². The van der Waals surface area contributed by atoms with Crippen molar-refractivity contribution in [1.29, 1.82) is 0 Å². The molecular formula is C13H13N3O2S2. The van der Waals surface area contributed by atoms with E-state index in [0.717, 1.165) is 5.69 Å². The van der Waals surface area contributed by atoms with E-state index in [1.165, 1.54) is 18.4 Å². The molecule has 0 fully saturated rings. The van der Waals surface area contributed by atoms with Crippen LogP contribution in [-0.2, 0) is 9.84 Å². The molecule has 2 aromatic rings. The van der Waals surface area contributed by atoms with Crippen molar-refractivity contribution in [3.05, 3.63) is 48.2 Å². The summed E-state index contributed by atoms with van der Waals surface area (Å²) in [5.74, 6) is 0.586. The molecule has 7 heteroatoms. The molecule has 20 heavy (non-hydrogen) atoms. The monoisotopic (exact) mass is 307 g/mol. The molecule has 0 saturated heterocycles. The third-order valence-corrected chi connectivity index (χ3v) is 3.89. The summed E-state index contributed by atoms with van der Waals surface area (Å²) in [5, 5.41) is 3.06. The highest BCUT2D eigenvalue weighted by Gasteiger charge is 2.06. The van der Waals surface area contributed by atoms with Crippen LogP contribution in [0.4, 0.5) is 11.5 Å². The molecule has 104 valence electrons. The average Bonchev–Trinajstić information content (AvgIpc) is 2.38. The lowest BCUT2D eigenvalue weighted by atomic mass is 10.3. The fourth-order valence-corrected chi connectivity index (χ4v) is 2.32. The highest BCUT2D eigenvalue weighted by Crippen LogP contribution is 2.17. The van der Waals surface area contributed by atoms with E-state index in [-0.39, 0.29) is 9.88 Å². The normalized spacial score (nSPS) is 11.1. The summed E-state index contributed by atoms with van der Waals surface area (Å²) in [6.07, 6.45) is 1.17. The van der Waals surface area contributed by atoms with Crippen LogP contribution in [0.25, 0.3) is 0 Å². The number of benzene rings is 1. The number of nitrogens with one attached hydrogen (secondary N) is 1. The predicted octanol–water partition coefficient (Wildman–Crippen LogP) is 1.86. The van der Waals surface area contributed by atoms with Gasteiger partial charge in [0.05, 0.1) is 10.6 Å². The summed E-state index contributed by atoms with van der Waals surface area (Å²) >= 11 is 4.87. The lowest BCUT2D eigenvalue weighted by Gasteiger charge is -2.07. The Labute approximate surface area is 122 Å². The van der Waals surface area contributed by atoms with Gasteiger partial charge in [0.2, 0.25) is 0 Å². The first-order chi connectivity index (χ1) is 9.36. The first kappa shape index (κ1) is 14.4. The first-order valence-corrected chi connectivity index (χ1v) is 8.00. The van der Waals surface area contributed by atoms with Crippen molar-refractivity contribution in [2.75, 3.05) is 11.6 Å². The van der Waals surface area contributed by atoms with Crippen molar-refractivity contribution in [2.45, 2.75) is 4.90 Å². The molecule has 2 rings (SSSR count). The van der Waals surface area contributed by atoms with Gasteiger partial charge in [0.1, 0.15) is 10.8 Å². The van der Waals surface area contributed by atoms with Crippen LogP contribution >= 0.6 is 12.2 Å². The van der Waals surface area contributed by atoms with Crippen molar-refractivity contribution < 1.29 is 8.42 Å². The smallest absolute Gasteiger partial charge is 0.175 e. The molecule has 3 N–H and O–H groups in total. The van der Waals surface area contributed by atoms with Crippen LogP contribution in [0.3, 0.4) is 0 Å². The van der Waals surface area contributed by atoms with Gasteiger partial charge in [-0.3, -0.25) is 0 Å². The Bertz CT molecular complexity index is 740. The summed E-state index contributed by atoms with van der Waals surface area (Å²) < 4.78 is 22.7. The molecule has 0 unspecified atom stereocenters. The lowest BCUT2D eigenvalue weighted by molar-refractivity contribution is 0.602. The van der Waals surface area contributed by atoms with Crippen LogP contribution in [0.1, 0.15) is 5.69 Å². The van der Waals surface area contributed by atoms with E-state index in [1.807, 2.05) is 0 Å². The number of nitrogens with zero attached hydrogens (tertiary/aromatic N) is 1. The van der Waals surface area contributed by atoms with Gasteiger partial charge in [0.15, 0.2) is 9.84 Å². The van der Waals surface area contributed by atoms with E-state index < -0.39 is 9.84 Å². The molecular weight excluding hydrogens is 294 g/mol. The second kappa shape index (κ2) is 5.56. The summed E-state index contributed by atoms with van der Waals surface area (Å²) in [6.45, 7) is 0. The molecule has 1 aromatic heterocycles. The SMILES string of the molecule is CS(=O)(=O)c1ccc(Nc2cccc(C(N)=S)n2)cc1. The zero-order chi connectivity index (χ0) is 14.8. The van der Waals surface area contributed by atoms with Crippen LogP contribution in [-0.4, -0.2) is 24.6 Å². The maximum absolute atomic E-state index is 11.4. The number of aromatic nitrogens is 1. The van der Waals surface area contributed by atoms with Crippen molar-refractivity contribution in [3.63, 3.8) is 0 Å². The Hall–Kier alpha value is -1.99. The third kappa shape index (κ3) is 3.52. The fraction of sp³-hybridized carbons (Fsp3) is 0.0769. The maximum Gasteiger partial charge on any atom is 0.175 e. The minimum absolute atomic E-state index is 0.223. The number of pyridine rings is 1. The van der Waals surface area contributed by atoms with Crippen molar-refractivity contribution in [3.8, 4) is 0 Å². The molecule has 0 spiro atoms. The van der Waals surface area contributed by atoms with Gasteiger partial charge >= 0.3 is 0 Å². The Morgan fingerprint density at radius 1 is 1.20 bits per heavy atom. The predicted molar refractivity (Wildman–Crippen MR) is 83.0 cm³/mol. The van der Waals surface area contributed by atoms with Gasteiger partial charge in [-0.2, -0.15) is 0 Å². The Morgan fingerprint density at radius 3 is 2.40 bits per heavy atom. The van der Waals surface area contributed by atoms with Crippen molar-refractivity contribution in [1.82, 2.24) is 4.98 Å². The number of sulfone groups is 1. The number of nitrogens with two attached hydrogens (primary N) is 1. The van der Waals surface area contributed by atoms with Crippen LogP contribution < -0.4 is 11.1 Å². The molecule has 0 bridgehead atoms. The van der Waals surface area contributed by atoms with Gasteiger partial charge < -0.3 is 11.1 Å². The molecule has 0 amide bonds. The Kier molecular flexibility index (Phi) is 4.01. The largest absolute Gasteiger partial charge is 0.388 e. The molecule has 0 aliphatic heterocycles. The fourth-order valence-electron chi connectivity index (χ4n) is 1.57. The zero-order valence-electron chi connectivity index (χ0n) is 10.7. The summed E-state index contributed by atoms with van der Waals surface area (Å²) in [6, 6.07) is 11.7. The molecule has 0 atom stereocenters. The summed E-state index contributed by atoms with van der Waals surface area (Å²) in [7, 11) is -3.19. The molecule has 1 aromatic carbocycles. The molecule has 0 saturated carbocycles. The number of hydrogen-bond donors (Lipinski definition) is 2. The first-order valence-electron chi connectivity index (χ1n) is 5.70. The highest BCUT2D eigenvalue weighted by atomic mass is 32.2. The Balaban J connectivity index is 2.22.